The van der Waals surface area contributed by atoms with Crippen molar-refractivity contribution in [1.82, 2.24) is 5.32 Å². The zero-order valence-corrected chi connectivity index (χ0v) is 22.9. The lowest BCUT2D eigenvalue weighted by molar-refractivity contribution is -0.288. The largest absolute Gasteiger partial charge is 0.463 e. The predicted octanol–water partition coefficient (Wildman–Crippen LogP) is 2.44. The van der Waals surface area contributed by atoms with Gasteiger partial charge in [-0.3, -0.25) is 14.4 Å². The van der Waals surface area contributed by atoms with Gasteiger partial charge in [-0.25, -0.2) is 4.79 Å². The van der Waals surface area contributed by atoms with Crippen LogP contribution in [0.1, 0.15) is 38.8 Å². The molecule has 216 valence electrons. The zero-order chi connectivity index (χ0) is 29.1. The molecule has 0 radical (unpaired) electrons. The third-order valence-corrected chi connectivity index (χ3v) is 5.94. The van der Waals surface area contributed by atoms with Crippen LogP contribution in [-0.2, 0) is 60.8 Å². The number of esters is 3. The molecule has 2 aromatic rings. The lowest BCUT2D eigenvalue weighted by atomic mass is 9.95. The first-order valence-electron chi connectivity index (χ1n) is 12.9. The maximum Gasteiger partial charge on any atom is 0.335 e. The van der Waals surface area contributed by atoms with Crippen LogP contribution in [0.25, 0.3) is 0 Å². The van der Waals surface area contributed by atoms with E-state index in [1.54, 1.807) is 0 Å². The smallest absolute Gasteiger partial charge is 0.335 e. The average molecular weight is 558 g/mol. The molecule has 0 saturated carbocycles. The van der Waals surface area contributed by atoms with Crippen LogP contribution in [0.2, 0.25) is 0 Å². The average Bonchev–Trinajstić information content (AvgIpc) is 2.92. The van der Waals surface area contributed by atoms with Crippen molar-refractivity contribution >= 4 is 23.8 Å². The third-order valence-electron chi connectivity index (χ3n) is 5.94. The van der Waals surface area contributed by atoms with Gasteiger partial charge >= 0.3 is 17.9 Å². The number of hydrogen-bond acceptors (Lipinski definition) is 10. The van der Waals surface area contributed by atoms with Crippen LogP contribution >= 0.6 is 0 Å². The summed E-state index contributed by atoms with van der Waals surface area (Å²) in [5.74, 6) is -2.35. The second kappa shape index (κ2) is 15.1. The lowest BCUT2D eigenvalue weighted by Crippen LogP contribution is -2.67. The lowest BCUT2D eigenvalue weighted by Gasteiger charge is -2.46. The Morgan fingerprint density at radius 3 is 1.98 bits per heavy atom. The number of hydrogen-bond donors (Lipinski definition) is 1. The molecule has 1 amide bonds. The van der Waals surface area contributed by atoms with E-state index in [1.807, 2.05) is 60.7 Å². The first-order valence-corrected chi connectivity index (χ1v) is 12.9. The van der Waals surface area contributed by atoms with Gasteiger partial charge in [-0.05, 0) is 18.1 Å². The Hall–Kier alpha value is -3.80. The van der Waals surface area contributed by atoms with Gasteiger partial charge in [0.1, 0.15) is 31.5 Å². The molecule has 1 unspecified atom stereocenters. The third kappa shape index (κ3) is 9.44. The van der Waals surface area contributed by atoms with E-state index < -0.39 is 60.6 Å². The number of nitrogens with one attached hydrogen (secondary N) is 1. The maximum absolute atomic E-state index is 12.9. The fourth-order valence-corrected chi connectivity index (χ4v) is 4.15. The van der Waals surface area contributed by atoms with Crippen LogP contribution in [0.4, 0.5) is 0 Å². The van der Waals surface area contributed by atoms with Crippen LogP contribution in [0.3, 0.4) is 0 Å². The number of ether oxygens (including phenoxy) is 6. The van der Waals surface area contributed by atoms with Gasteiger partial charge in [-0.1, -0.05) is 60.7 Å². The van der Waals surface area contributed by atoms with Crippen LogP contribution in [-0.4, -0.2) is 67.2 Å². The molecule has 6 atom stereocenters. The maximum atomic E-state index is 12.9. The van der Waals surface area contributed by atoms with Gasteiger partial charge in [0, 0.05) is 20.8 Å². The Labute approximate surface area is 233 Å². The highest BCUT2D eigenvalue weighted by molar-refractivity contribution is 5.74. The second-order valence-corrected chi connectivity index (χ2v) is 9.28. The molecule has 1 N–H and O–H groups in total. The van der Waals surface area contributed by atoms with Crippen molar-refractivity contribution in [3.63, 3.8) is 0 Å². The summed E-state index contributed by atoms with van der Waals surface area (Å²) in [7, 11) is 0. The molecule has 11 heteroatoms. The summed E-state index contributed by atoms with van der Waals surface area (Å²) in [6.07, 6.45) is -5.59. The summed E-state index contributed by atoms with van der Waals surface area (Å²) in [5.41, 5.74) is 1.63. The normalized spacial score (nSPS) is 22.9. The van der Waals surface area contributed by atoms with Gasteiger partial charge < -0.3 is 33.7 Å². The SMILES string of the molecule is CC(=O)N[C@H]1[C@@H](OCc2ccccc2)O[C@H](COC(C)=O)[C@@H](OC(C)=O)[C@@H]1OC(C)C(=O)OCc1ccccc1. The van der Waals surface area contributed by atoms with Crippen LogP contribution in [0.15, 0.2) is 60.7 Å². The first kappa shape index (κ1) is 30.7. The fourth-order valence-electron chi connectivity index (χ4n) is 4.15. The highest BCUT2D eigenvalue weighted by Crippen LogP contribution is 2.29. The molecule has 1 saturated heterocycles. The molecule has 11 nitrogen and oxygen atoms in total. The summed E-state index contributed by atoms with van der Waals surface area (Å²) in [5, 5.41) is 2.74. The topological polar surface area (TPSA) is 136 Å². The Morgan fingerprint density at radius 1 is 0.825 bits per heavy atom. The van der Waals surface area contributed by atoms with E-state index in [-0.39, 0.29) is 19.8 Å². The number of carbonyl (C=O) groups excluding carboxylic acids is 4. The van der Waals surface area contributed by atoms with E-state index in [0.717, 1.165) is 11.1 Å². The molecule has 0 aromatic heterocycles. The van der Waals surface area contributed by atoms with E-state index >= 15 is 0 Å². The Balaban J connectivity index is 1.87. The quantitative estimate of drug-likeness (QED) is 0.306. The summed E-state index contributed by atoms with van der Waals surface area (Å²) in [6, 6.07) is 17.4. The molecule has 0 spiro atoms. The molecule has 0 bridgehead atoms. The zero-order valence-electron chi connectivity index (χ0n) is 22.9. The van der Waals surface area contributed by atoms with E-state index in [4.69, 9.17) is 28.4 Å². The molecule has 40 heavy (non-hydrogen) atoms. The molecular formula is C29H35NO10. The van der Waals surface area contributed by atoms with Gasteiger partial charge in [0.15, 0.2) is 18.5 Å². The van der Waals surface area contributed by atoms with Crippen molar-refractivity contribution in [3.8, 4) is 0 Å². The van der Waals surface area contributed by atoms with Gasteiger partial charge in [-0.2, -0.15) is 0 Å². The summed E-state index contributed by atoms with van der Waals surface area (Å²) >= 11 is 0. The number of rotatable bonds is 12. The van der Waals surface area contributed by atoms with E-state index in [2.05, 4.69) is 5.32 Å². The van der Waals surface area contributed by atoms with Gasteiger partial charge in [-0.15, -0.1) is 0 Å². The summed E-state index contributed by atoms with van der Waals surface area (Å²) in [4.78, 5) is 48.8. The molecule has 1 aliphatic heterocycles. The monoisotopic (exact) mass is 557 g/mol. The summed E-state index contributed by atoms with van der Waals surface area (Å²) in [6.45, 7) is 5.06. The number of benzene rings is 2. The van der Waals surface area contributed by atoms with Gasteiger partial charge in [0.05, 0.1) is 6.61 Å². The predicted molar refractivity (Wildman–Crippen MR) is 140 cm³/mol. The molecule has 2 aromatic carbocycles. The second-order valence-electron chi connectivity index (χ2n) is 9.28. The first-order chi connectivity index (χ1) is 19.1. The van der Waals surface area contributed by atoms with Crippen molar-refractivity contribution in [2.24, 2.45) is 0 Å². The van der Waals surface area contributed by atoms with Crippen LogP contribution in [0.5, 0.6) is 0 Å². The minimum absolute atomic E-state index is 0.0293. The number of amides is 1. The molecule has 0 aliphatic carbocycles. The van der Waals surface area contributed by atoms with Crippen molar-refractivity contribution in [1.29, 1.82) is 0 Å². The van der Waals surface area contributed by atoms with Crippen molar-refractivity contribution in [2.45, 2.75) is 77.7 Å². The van der Waals surface area contributed by atoms with Gasteiger partial charge in [0.2, 0.25) is 5.91 Å². The minimum atomic E-state index is -1.17. The highest BCUT2D eigenvalue weighted by atomic mass is 16.7. The van der Waals surface area contributed by atoms with E-state index in [9.17, 15) is 19.2 Å². The number of carbonyl (C=O) groups is 4. The van der Waals surface area contributed by atoms with Crippen LogP contribution < -0.4 is 5.32 Å². The van der Waals surface area contributed by atoms with E-state index in [1.165, 1.54) is 27.7 Å². The minimum Gasteiger partial charge on any atom is -0.463 e. The molecule has 1 fully saturated rings. The Morgan fingerprint density at radius 2 is 1.43 bits per heavy atom. The molecular weight excluding hydrogens is 522 g/mol. The van der Waals surface area contributed by atoms with Gasteiger partial charge in [0.25, 0.3) is 0 Å². The molecule has 1 aliphatic rings. The van der Waals surface area contributed by atoms with Crippen molar-refractivity contribution in [3.05, 3.63) is 71.8 Å². The standard InChI is InChI=1S/C29H35NO10/c1-18(28(34)36-15-22-11-7-5-8-12-22)38-27-25(30-19(2)31)29(37-16-23-13-9-6-10-14-23)40-24(17-35-20(3)32)26(27)39-21(4)33/h5-14,18,24-27,29H,15-17H2,1-4H3,(H,30,31)/t18?,24-,25-,26-,27-,29+/m1/s1. The molecule has 3 rings (SSSR count). The van der Waals surface area contributed by atoms with Crippen LogP contribution in [0, 0.1) is 0 Å². The Bertz CT molecular complexity index is 1130. The van der Waals surface area contributed by atoms with E-state index in [0.29, 0.717) is 0 Å². The Kier molecular flexibility index (Phi) is 11.6. The van der Waals surface area contributed by atoms with Crippen molar-refractivity contribution < 1.29 is 47.6 Å². The van der Waals surface area contributed by atoms with Crippen molar-refractivity contribution in [2.75, 3.05) is 6.61 Å². The summed E-state index contributed by atoms with van der Waals surface area (Å²) < 4.78 is 34.4. The highest BCUT2D eigenvalue weighted by Gasteiger charge is 2.51. The fraction of sp³-hybridized carbons (Fsp3) is 0.448. The molecule has 1 heterocycles.